The number of aliphatic hydroxyl groups is 1. The lowest BCUT2D eigenvalue weighted by Gasteiger charge is -2.33. The first kappa shape index (κ1) is 17.3. The first-order valence-corrected chi connectivity index (χ1v) is 9.69. The third kappa shape index (κ3) is 3.43. The Labute approximate surface area is 154 Å². The van der Waals surface area contributed by atoms with Crippen LogP contribution in [0.15, 0.2) is 36.4 Å². The Morgan fingerprint density at radius 1 is 1.04 bits per heavy atom. The van der Waals surface area contributed by atoms with Gasteiger partial charge in [-0.25, -0.2) is 0 Å². The van der Waals surface area contributed by atoms with E-state index in [1.54, 1.807) is 7.11 Å². The van der Waals surface area contributed by atoms with E-state index >= 15 is 0 Å². The Morgan fingerprint density at radius 3 is 2.54 bits per heavy atom. The van der Waals surface area contributed by atoms with Crippen molar-refractivity contribution in [1.82, 2.24) is 4.90 Å². The number of nitrogens with zero attached hydrogens (tertiary/aromatic N) is 1. The van der Waals surface area contributed by atoms with Crippen molar-refractivity contribution in [1.29, 1.82) is 0 Å². The number of rotatable bonds is 4. The Bertz CT molecular complexity index is 795. The molecule has 1 amide bonds. The minimum atomic E-state index is -0.170. The number of aliphatic hydroxyl groups excluding tert-OH is 1. The molecule has 1 unspecified atom stereocenters. The molecule has 1 aliphatic heterocycles. The molecule has 1 atom stereocenters. The molecular formula is C22H27NO3. The van der Waals surface area contributed by atoms with Gasteiger partial charge in [-0.15, -0.1) is 0 Å². The maximum Gasteiger partial charge on any atom is 0.226 e. The van der Waals surface area contributed by atoms with Crippen LogP contribution in [0, 0.1) is 5.92 Å². The molecular weight excluding hydrogens is 326 g/mol. The molecule has 4 nitrogen and oxygen atoms in total. The van der Waals surface area contributed by atoms with Crippen LogP contribution in [-0.2, 0) is 11.2 Å². The largest absolute Gasteiger partial charge is 0.497 e. The van der Waals surface area contributed by atoms with Gasteiger partial charge in [0.15, 0.2) is 0 Å². The molecule has 1 N–H and O–H groups in total. The molecule has 2 fully saturated rings. The van der Waals surface area contributed by atoms with Crippen molar-refractivity contribution >= 4 is 16.7 Å². The second-order valence-corrected chi connectivity index (χ2v) is 7.73. The van der Waals surface area contributed by atoms with Gasteiger partial charge in [-0.05, 0) is 67.0 Å². The van der Waals surface area contributed by atoms with Crippen molar-refractivity contribution in [2.75, 3.05) is 13.7 Å². The highest BCUT2D eigenvalue weighted by molar-refractivity contribution is 5.85. The molecule has 4 heteroatoms. The maximum atomic E-state index is 12.9. The quantitative estimate of drug-likeness (QED) is 0.915. The molecule has 4 rings (SSSR count). The fraction of sp³-hybridized carbons (Fsp3) is 0.500. The highest BCUT2D eigenvalue weighted by atomic mass is 16.5. The topological polar surface area (TPSA) is 49.8 Å². The summed E-state index contributed by atoms with van der Waals surface area (Å²) in [5, 5.41) is 12.0. The Hall–Kier alpha value is -2.07. The molecule has 0 aromatic heterocycles. The number of hydrogen-bond donors (Lipinski definition) is 1. The summed E-state index contributed by atoms with van der Waals surface area (Å²) in [6, 6.07) is 12.9. The molecule has 1 saturated carbocycles. The van der Waals surface area contributed by atoms with Crippen LogP contribution >= 0.6 is 0 Å². The van der Waals surface area contributed by atoms with Crippen LogP contribution in [0.2, 0.25) is 0 Å². The van der Waals surface area contributed by atoms with E-state index in [-0.39, 0.29) is 12.0 Å². The van der Waals surface area contributed by atoms with Gasteiger partial charge >= 0.3 is 0 Å². The molecule has 26 heavy (non-hydrogen) atoms. The first-order chi connectivity index (χ1) is 12.6. The van der Waals surface area contributed by atoms with E-state index in [4.69, 9.17) is 4.74 Å². The van der Waals surface area contributed by atoms with E-state index in [1.165, 1.54) is 10.9 Å². The molecule has 1 aliphatic carbocycles. The Balaban J connectivity index is 1.44. The summed E-state index contributed by atoms with van der Waals surface area (Å²) in [5.74, 6) is 1.27. The minimum absolute atomic E-state index is 0.0950. The zero-order valence-electron chi connectivity index (χ0n) is 15.4. The molecule has 2 aromatic carbocycles. The molecule has 2 aromatic rings. The van der Waals surface area contributed by atoms with Gasteiger partial charge in [0, 0.05) is 18.5 Å². The molecule has 1 saturated heterocycles. The Kier molecular flexibility index (Phi) is 4.86. The number of methoxy groups -OCH3 is 1. The summed E-state index contributed by atoms with van der Waals surface area (Å²) in [5.41, 5.74) is 1.22. The molecule has 0 spiro atoms. The van der Waals surface area contributed by atoms with Crippen LogP contribution in [0.5, 0.6) is 5.75 Å². The molecule has 1 heterocycles. The van der Waals surface area contributed by atoms with Crippen molar-refractivity contribution in [2.24, 2.45) is 5.92 Å². The normalized spacial score (nSPS) is 26.5. The van der Waals surface area contributed by atoms with Crippen LogP contribution in [0.25, 0.3) is 10.8 Å². The summed E-state index contributed by atoms with van der Waals surface area (Å²) < 4.78 is 5.28. The summed E-state index contributed by atoms with van der Waals surface area (Å²) in [6.45, 7) is 0.870. The van der Waals surface area contributed by atoms with Crippen molar-refractivity contribution in [3.05, 3.63) is 42.0 Å². The van der Waals surface area contributed by atoms with E-state index in [0.29, 0.717) is 11.9 Å². The molecule has 138 valence electrons. The van der Waals surface area contributed by atoms with Gasteiger partial charge in [0.1, 0.15) is 5.75 Å². The van der Waals surface area contributed by atoms with Gasteiger partial charge in [0.2, 0.25) is 5.91 Å². The monoisotopic (exact) mass is 353 g/mol. The van der Waals surface area contributed by atoms with Crippen molar-refractivity contribution < 1.29 is 14.6 Å². The van der Waals surface area contributed by atoms with Gasteiger partial charge in [-0.2, -0.15) is 0 Å². The number of benzene rings is 2. The van der Waals surface area contributed by atoms with Crippen LogP contribution < -0.4 is 4.74 Å². The minimum Gasteiger partial charge on any atom is -0.497 e. The fourth-order valence-electron chi connectivity index (χ4n) is 4.50. The maximum absolute atomic E-state index is 12.9. The summed E-state index contributed by atoms with van der Waals surface area (Å²) >= 11 is 0. The Morgan fingerprint density at radius 2 is 1.77 bits per heavy atom. The lowest BCUT2D eigenvalue weighted by molar-refractivity contribution is -0.133. The van der Waals surface area contributed by atoms with Gasteiger partial charge in [0.05, 0.1) is 13.2 Å². The van der Waals surface area contributed by atoms with Crippen molar-refractivity contribution in [3.8, 4) is 5.75 Å². The number of hydrogen-bond acceptors (Lipinski definition) is 3. The van der Waals surface area contributed by atoms with Gasteiger partial charge in [0.25, 0.3) is 0 Å². The lowest BCUT2D eigenvalue weighted by Crippen LogP contribution is -2.41. The number of likely N-dealkylation sites (tertiary alicyclic amines) is 1. The van der Waals surface area contributed by atoms with E-state index in [2.05, 4.69) is 29.2 Å². The average molecular weight is 353 g/mol. The summed E-state index contributed by atoms with van der Waals surface area (Å²) in [4.78, 5) is 15.0. The van der Waals surface area contributed by atoms with E-state index in [1.807, 2.05) is 12.1 Å². The van der Waals surface area contributed by atoms with Crippen molar-refractivity contribution in [3.63, 3.8) is 0 Å². The summed E-state index contributed by atoms with van der Waals surface area (Å²) in [6.07, 6.45) is 5.12. The smallest absolute Gasteiger partial charge is 0.226 e. The van der Waals surface area contributed by atoms with Crippen molar-refractivity contribution in [2.45, 2.75) is 50.7 Å². The number of carbonyl (C=O) groups is 1. The fourth-order valence-corrected chi connectivity index (χ4v) is 4.50. The SMILES string of the molecule is COc1ccc2cc(CC3CCN(C4CCC(O)CC4)C3=O)ccc2c1. The zero-order chi connectivity index (χ0) is 18.1. The van der Waals surface area contributed by atoms with Gasteiger partial charge in [-0.3, -0.25) is 4.79 Å². The van der Waals surface area contributed by atoms with Gasteiger partial charge < -0.3 is 14.7 Å². The lowest BCUT2D eigenvalue weighted by atomic mass is 9.92. The van der Waals surface area contributed by atoms with Gasteiger partial charge in [-0.1, -0.05) is 24.3 Å². The summed E-state index contributed by atoms with van der Waals surface area (Å²) in [7, 11) is 1.68. The third-order valence-corrected chi connectivity index (χ3v) is 6.05. The molecule has 0 bridgehead atoms. The highest BCUT2D eigenvalue weighted by Crippen LogP contribution is 2.31. The standard InChI is InChI=1S/C22H27NO3/c1-26-21-9-4-16-12-15(2-3-17(16)14-21)13-18-10-11-23(22(18)25)19-5-7-20(24)8-6-19/h2-4,9,12,14,18-20,24H,5-8,10-11,13H2,1H3. The highest BCUT2D eigenvalue weighted by Gasteiger charge is 2.37. The van der Waals surface area contributed by atoms with E-state index < -0.39 is 0 Å². The number of amides is 1. The second kappa shape index (κ2) is 7.28. The van der Waals surface area contributed by atoms with Crippen LogP contribution in [0.3, 0.4) is 0 Å². The number of fused-ring (bicyclic) bond motifs is 1. The molecule has 2 aliphatic rings. The predicted octanol–water partition coefficient (Wildman–Crippen LogP) is 3.54. The zero-order valence-corrected chi connectivity index (χ0v) is 15.4. The van der Waals surface area contributed by atoms with E-state index in [0.717, 1.165) is 56.2 Å². The average Bonchev–Trinajstić information content (AvgIpc) is 3.02. The number of carbonyl (C=O) groups excluding carboxylic acids is 1. The number of ether oxygens (including phenoxy) is 1. The predicted molar refractivity (Wildman–Crippen MR) is 102 cm³/mol. The first-order valence-electron chi connectivity index (χ1n) is 9.69. The second-order valence-electron chi connectivity index (χ2n) is 7.73. The van der Waals surface area contributed by atoms with Crippen LogP contribution in [0.4, 0.5) is 0 Å². The van der Waals surface area contributed by atoms with Crippen LogP contribution in [-0.4, -0.2) is 41.7 Å². The van der Waals surface area contributed by atoms with Crippen LogP contribution in [0.1, 0.15) is 37.7 Å². The third-order valence-electron chi connectivity index (χ3n) is 6.05. The van der Waals surface area contributed by atoms with E-state index in [9.17, 15) is 9.90 Å². The molecule has 0 radical (unpaired) electrons.